The molecule has 0 amide bonds. The first-order valence-electron chi connectivity index (χ1n) is 6.21. The van der Waals surface area contributed by atoms with Crippen LogP contribution < -0.4 is 0 Å². The maximum Gasteiger partial charge on any atom is 0.0521 e. The first-order valence-corrected chi connectivity index (χ1v) is 8.41. The molecule has 4 heteroatoms. The molecule has 0 saturated carbocycles. The summed E-state index contributed by atoms with van der Waals surface area (Å²) in [5, 5.41) is 18.3. The van der Waals surface area contributed by atoms with Crippen LogP contribution in [0.25, 0.3) is 0 Å². The maximum absolute atomic E-state index is 8.89. The van der Waals surface area contributed by atoms with Crippen molar-refractivity contribution in [2.24, 2.45) is 5.92 Å². The van der Waals surface area contributed by atoms with Crippen molar-refractivity contribution in [1.82, 2.24) is 0 Å². The number of thioether (sulfide) groups is 2. The first-order chi connectivity index (χ1) is 7.79. The number of rotatable bonds is 11. The van der Waals surface area contributed by atoms with Crippen LogP contribution >= 0.6 is 23.5 Å². The van der Waals surface area contributed by atoms with E-state index in [4.69, 9.17) is 10.2 Å². The summed E-state index contributed by atoms with van der Waals surface area (Å²) in [6.45, 7) is 5.03. The van der Waals surface area contributed by atoms with Gasteiger partial charge in [-0.25, -0.2) is 0 Å². The quantitative estimate of drug-likeness (QED) is 0.564. The van der Waals surface area contributed by atoms with Crippen LogP contribution in [0.3, 0.4) is 0 Å². The lowest BCUT2D eigenvalue weighted by molar-refractivity contribution is 0.322. The predicted molar refractivity (Wildman–Crippen MR) is 76.4 cm³/mol. The van der Waals surface area contributed by atoms with Crippen molar-refractivity contribution in [3.63, 3.8) is 0 Å². The van der Waals surface area contributed by atoms with Crippen LogP contribution in [0.5, 0.6) is 0 Å². The summed E-state index contributed by atoms with van der Waals surface area (Å²) in [6.07, 6.45) is 3.65. The summed E-state index contributed by atoms with van der Waals surface area (Å²) in [5.74, 6) is 3.56. The smallest absolute Gasteiger partial charge is 0.0521 e. The van der Waals surface area contributed by atoms with Crippen molar-refractivity contribution < 1.29 is 10.2 Å². The highest BCUT2D eigenvalue weighted by molar-refractivity contribution is 8.00. The Labute approximate surface area is 109 Å². The second kappa shape index (κ2) is 12.1. The number of hydrogen-bond acceptors (Lipinski definition) is 4. The van der Waals surface area contributed by atoms with Crippen LogP contribution in [-0.4, -0.2) is 45.9 Å². The van der Waals surface area contributed by atoms with Crippen molar-refractivity contribution in [3.8, 4) is 0 Å². The molecule has 0 aromatic rings. The van der Waals surface area contributed by atoms with Gasteiger partial charge in [0.1, 0.15) is 0 Å². The Kier molecular flexibility index (Phi) is 12.6. The Morgan fingerprint density at radius 2 is 1.75 bits per heavy atom. The van der Waals surface area contributed by atoms with E-state index in [0.29, 0.717) is 11.2 Å². The van der Waals surface area contributed by atoms with Crippen LogP contribution in [0.15, 0.2) is 0 Å². The molecule has 0 bridgehead atoms. The monoisotopic (exact) mass is 266 g/mol. The van der Waals surface area contributed by atoms with Crippen molar-refractivity contribution in [3.05, 3.63) is 0 Å². The summed E-state index contributed by atoms with van der Waals surface area (Å²) in [6, 6.07) is 0. The van der Waals surface area contributed by atoms with Gasteiger partial charge in [0, 0.05) is 16.8 Å². The van der Waals surface area contributed by atoms with Crippen LogP contribution in [0.4, 0.5) is 0 Å². The van der Waals surface area contributed by atoms with Gasteiger partial charge < -0.3 is 10.2 Å². The van der Waals surface area contributed by atoms with E-state index in [-0.39, 0.29) is 13.2 Å². The SMILES string of the molecule is CCCC(SCCO)C(CC)CSCCO. The largest absolute Gasteiger partial charge is 0.396 e. The minimum Gasteiger partial charge on any atom is -0.396 e. The molecule has 0 radical (unpaired) electrons. The normalized spacial score (nSPS) is 15.0. The summed E-state index contributed by atoms with van der Waals surface area (Å²) >= 11 is 3.76. The molecule has 0 heterocycles. The molecule has 0 aromatic carbocycles. The Balaban J connectivity index is 3.99. The Hall–Kier alpha value is 0.620. The Morgan fingerprint density at radius 3 is 2.25 bits per heavy atom. The van der Waals surface area contributed by atoms with Crippen LogP contribution in [0.1, 0.15) is 33.1 Å². The first kappa shape index (κ1) is 16.6. The Bertz CT molecular complexity index is 145. The molecule has 2 nitrogen and oxygen atoms in total. The third-order valence-electron chi connectivity index (χ3n) is 2.61. The molecule has 2 N–H and O–H groups in total. The third kappa shape index (κ3) is 7.82. The number of aliphatic hydroxyl groups excluding tert-OH is 2. The zero-order chi connectivity index (χ0) is 12.2. The van der Waals surface area contributed by atoms with E-state index < -0.39 is 0 Å². The lowest BCUT2D eigenvalue weighted by Crippen LogP contribution is -2.20. The standard InChI is InChI=1S/C12H26O2S2/c1-3-5-12(16-9-7-14)11(4-2)10-15-8-6-13/h11-14H,3-10H2,1-2H3. The van der Waals surface area contributed by atoms with Gasteiger partial charge in [0.2, 0.25) is 0 Å². The molecular weight excluding hydrogens is 240 g/mol. The molecule has 0 rings (SSSR count). The third-order valence-corrected chi connectivity index (χ3v) is 5.22. The highest BCUT2D eigenvalue weighted by Crippen LogP contribution is 2.29. The van der Waals surface area contributed by atoms with Gasteiger partial charge in [-0.05, 0) is 18.1 Å². The van der Waals surface area contributed by atoms with E-state index in [1.54, 1.807) is 0 Å². The summed E-state index contributed by atoms with van der Waals surface area (Å²) in [7, 11) is 0. The lowest BCUT2D eigenvalue weighted by Gasteiger charge is -2.25. The summed E-state index contributed by atoms with van der Waals surface area (Å²) in [4.78, 5) is 0. The number of hydrogen-bond donors (Lipinski definition) is 2. The van der Waals surface area contributed by atoms with E-state index in [2.05, 4.69) is 13.8 Å². The Morgan fingerprint density at radius 1 is 1.06 bits per heavy atom. The molecule has 0 aliphatic rings. The van der Waals surface area contributed by atoms with Gasteiger partial charge in [-0.1, -0.05) is 26.7 Å². The van der Waals surface area contributed by atoms with Gasteiger partial charge in [-0.3, -0.25) is 0 Å². The number of aliphatic hydroxyl groups is 2. The van der Waals surface area contributed by atoms with Gasteiger partial charge in [0.15, 0.2) is 0 Å². The molecule has 0 spiro atoms. The average Bonchev–Trinajstić information content (AvgIpc) is 2.31. The minimum absolute atomic E-state index is 0.281. The zero-order valence-electron chi connectivity index (χ0n) is 10.5. The zero-order valence-corrected chi connectivity index (χ0v) is 12.2. The molecule has 0 fully saturated rings. The van der Waals surface area contributed by atoms with E-state index >= 15 is 0 Å². The second-order valence-electron chi connectivity index (χ2n) is 3.89. The average molecular weight is 266 g/mol. The van der Waals surface area contributed by atoms with E-state index in [0.717, 1.165) is 17.3 Å². The van der Waals surface area contributed by atoms with Gasteiger partial charge >= 0.3 is 0 Å². The molecular formula is C12H26O2S2. The summed E-state index contributed by atoms with van der Waals surface area (Å²) in [5.41, 5.74) is 0. The molecule has 0 aromatic heterocycles. The molecule has 0 aliphatic carbocycles. The molecule has 2 atom stereocenters. The lowest BCUT2D eigenvalue weighted by atomic mass is 10.0. The van der Waals surface area contributed by atoms with E-state index in [9.17, 15) is 0 Å². The van der Waals surface area contributed by atoms with E-state index in [1.165, 1.54) is 19.3 Å². The van der Waals surface area contributed by atoms with Crippen LogP contribution in [-0.2, 0) is 0 Å². The second-order valence-corrected chi connectivity index (χ2v) is 6.39. The van der Waals surface area contributed by atoms with Crippen LogP contribution in [0.2, 0.25) is 0 Å². The fourth-order valence-electron chi connectivity index (χ4n) is 1.73. The topological polar surface area (TPSA) is 40.5 Å². The van der Waals surface area contributed by atoms with Gasteiger partial charge in [-0.15, -0.1) is 0 Å². The maximum atomic E-state index is 8.89. The summed E-state index contributed by atoms with van der Waals surface area (Å²) < 4.78 is 0. The van der Waals surface area contributed by atoms with E-state index in [1.807, 2.05) is 23.5 Å². The highest BCUT2D eigenvalue weighted by atomic mass is 32.2. The molecule has 98 valence electrons. The molecule has 16 heavy (non-hydrogen) atoms. The highest BCUT2D eigenvalue weighted by Gasteiger charge is 2.19. The molecule has 2 unspecified atom stereocenters. The predicted octanol–water partition coefficient (Wildman–Crippen LogP) is 2.63. The van der Waals surface area contributed by atoms with Crippen molar-refractivity contribution >= 4 is 23.5 Å². The van der Waals surface area contributed by atoms with Crippen molar-refractivity contribution in [2.45, 2.75) is 38.4 Å². The van der Waals surface area contributed by atoms with Crippen molar-refractivity contribution in [1.29, 1.82) is 0 Å². The van der Waals surface area contributed by atoms with Crippen LogP contribution in [0, 0.1) is 5.92 Å². The van der Waals surface area contributed by atoms with Gasteiger partial charge in [-0.2, -0.15) is 23.5 Å². The van der Waals surface area contributed by atoms with Gasteiger partial charge in [0.05, 0.1) is 13.2 Å². The molecule has 0 aliphatic heterocycles. The fourth-order valence-corrected chi connectivity index (χ4v) is 4.29. The minimum atomic E-state index is 0.281. The van der Waals surface area contributed by atoms with Crippen molar-refractivity contribution in [2.75, 3.05) is 30.5 Å². The molecule has 0 saturated heterocycles. The van der Waals surface area contributed by atoms with Gasteiger partial charge in [0.25, 0.3) is 0 Å². The fraction of sp³-hybridized carbons (Fsp3) is 1.00.